The molecule has 1 N–H and O–H groups in total. The summed E-state index contributed by atoms with van der Waals surface area (Å²) >= 11 is 6.27. The van der Waals surface area contributed by atoms with Crippen LogP contribution in [-0.4, -0.2) is 13.1 Å². The lowest BCUT2D eigenvalue weighted by molar-refractivity contribution is 0.272. The Balaban J connectivity index is 1.96. The molecule has 0 atom stereocenters. The highest BCUT2D eigenvalue weighted by Crippen LogP contribution is 2.37. The van der Waals surface area contributed by atoms with E-state index in [4.69, 9.17) is 11.6 Å². The molecule has 0 unspecified atom stereocenters. The molecule has 0 bridgehead atoms. The van der Waals surface area contributed by atoms with Gasteiger partial charge < -0.3 is 5.32 Å². The molecule has 0 spiro atoms. The van der Waals surface area contributed by atoms with Gasteiger partial charge in [0.2, 0.25) is 0 Å². The standard InChI is InChI=1S/C16H14ClF2N/c17-14-4-2-1-3-13(14)16(9-20-10-16)8-11-5-6-12(18)7-15(11)19/h1-7,20H,8-10H2. The van der Waals surface area contributed by atoms with Crippen molar-refractivity contribution in [2.75, 3.05) is 13.1 Å². The lowest BCUT2D eigenvalue weighted by Crippen LogP contribution is -2.58. The number of nitrogens with one attached hydrogen (secondary N) is 1. The zero-order chi connectivity index (χ0) is 14.2. The van der Waals surface area contributed by atoms with Gasteiger partial charge in [0.25, 0.3) is 0 Å². The van der Waals surface area contributed by atoms with Crippen LogP contribution >= 0.6 is 11.6 Å². The maximum atomic E-state index is 13.9. The Morgan fingerprint density at radius 3 is 2.45 bits per heavy atom. The summed E-state index contributed by atoms with van der Waals surface area (Å²) in [5.74, 6) is -1.05. The Morgan fingerprint density at radius 2 is 1.85 bits per heavy atom. The number of hydrogen-bond acceptors (Lipinski definition) is 1. The summed E-state index contributed by atoms with van der Waals surface area (Å²) in [7, 11) is 0. The molecular weight excluding hydrogens is 280 g/mol. The zero-order valence-electron chi connectivity index (χ0n) is 10.8. The Hall–Kier alpha value is -1.45. The number of benzene rings is 2. The van der Waals surface area contributed by atoms with Gasteiger partial charge in [-0.15, -0.1) is 0 Å². The molecule has 2 aromatic rings. The summed E-state index contributed by atoms with van der Waals surface area (Å²) in [5.41, 5.74) is 1.33. The molecule has 1 aliphatic rings. The van der Waals surface area contributed by atoms with Crippen molar-refractivity contribution >= 4 is 11.6 Å². The normalized spacial score (nSPS) is 16.8. The predicted octanol–water partition coefficient (Wildman–Crippen LogP) is 3.70. The van der Waals surface area contributed by atoms with Crippen LogP contribution in [0, 0.1) is 11.6 Å². The molecule has 0 aliphatic carbocycles. The van der Waals surface area contributed by atoms with E-state index in [0.29, 0.717) is 17.0 Å². The van der Waals surface area contributed by atoms with Gasteiger partial charge in [-0.05, 0) is 29.7 Å². The second kappa shape index (κ2) is 5.15. The highest BCUT2D eigenvalue weighted by atomic mass is 35.5. The lowest BCUT2D eigenvalue weighted by atomic mass is 9.71. The van der Waals surface area contributed by atoms with Crippen molar-refractivity contribution < 1.29 is 8.78 Å². The second-order valence-electron chi connectivity index (χ2n) is 5.28. The largest absolute Gasteiger partial charge is 0.315 e. The van der Waals surface area contributed by atoms with Crippen LogP contribution in [-0.2, 0) is 11.8 Å². The summed E-state index contributed by atoms with van der Waals surface area (Å²) in [4.78, 5) is 0. The molecule has 1 heterocycles. The molecule has 3 rings (SSSR count). The smallest absolute Gasteiger partial charge is 0.129 e. The first-order valence-corrected chi connectivity index (χ1v) is 6.88. The summed E-state index contributed by atoms with van der Waals surface area (Å²) in [5, 5.41) is 3.91. The SMILES string of the molecule is Fc1ccc(CC2(c3ccccc3Cl)CNC2)c(F)c1. The van der Waals surface area contributed by atoms with Crippen molar-refractivity contribution in [2.24, 2.45) is 0 Å². The maximum absolute atomic E-state index is 13.9. The molecule has 0 amide bonds. The quantitative estimate of drug-likeness (QED) is 0.910. The Labute approximate surface area is 121 Å². The molecule has 104 valence electrons. The fourth-order valence-corrected chi connectivity index (χ4v) is 3.09. The third kappa shape index (κ3) is 2.32. The van der Waals surface area contributed by atoms with Gasteiger partial charge in [0.1, 0.15) is 11.6 Å². The fraction of sp³-hybridized carbons (Fsp3) is 0.250. The number of rotatable bonds is 3. The average molecular weight is 294 g/mol. The van der Waals surface area contributed by atoms with Crippen molar-refractivity contribution in [1.82, 2.24) is 5.32 Å². The van der Waals surface area contributed by atoms with Crippen LogP contribution in [0.1, 0.15) is 11.1 Å². The van der Waals surface area contributed by atoms with Crippen molar-refractivity contribution in [3.8, 4) is 0 Å². The predicted molar refractivity (Wildman–Crippen MR) is 76.1 cm³/mol. The first-order chi connectivity index (χ1) is 9.61. The molecular formula is C16H14ClF2N. The third-order valence-corrected chi connectivity index (χ3v) is 4.25. The zero-order valence-corrected chi connectivity index (χ0v) is 11.6. The van der Waals surface area contributed by atoms with E-state index in [1.54, 1.807) is 0 Å². The summed E-state index contributed by atoms with van der Waals surface area (Å²) in [6.07, 6.45) is 0.510. The lowest BCUT2D eigenvalue weighted by Gasteiger charge is -2.44. The molecule has 0 radical (unpaired) electrons. The van der Waals surface area contributed by atoms with Crippen molar-refractivity contribution in [3.63, 3.8) is 0 Å². The highest BCUT2D eigenvalue weighted by Gasteiger charge is 2.40. The molecule has 1 fully saturated rings. The van der Waals surface area contributed by atoms with E-state index in [1.807, 2.05) is 24.3 Å². The minimum absolute atomic E-state index is 0.211. The van der Waals surface area contributed by atoms with Crippen LogP contribution in [0.4, 0.5) is 8.78 Å². The Morgan fingerprint density at radius 1 is 1.10 bits per heavy atom. The van der Waals surface area contributed by atoms with Crippen LogP contribution in [0.15, 0.2) is 42.5 Å². The highest BCUT2D eigenvalue weighted by molar-refractivity contribution is 6.31. The maximum Gasteiger partial charge on any atom is 0.129 e. The van der Waals surface area contributed by atoms with E-state index >= 15 is 0 Å². The first-order valence-electron chi connectivity index (χ1n) is 6.50. The van der Waals surface area contributed by atoms with E-state index in [0.717, 1.165) is 24.7 Å². The summed E-state index contributed by atoms with van der Waals surface area (Å²) in [6.45, 7) is 1.49. The number of hydrogen-bond donors (Lipinski definition) is 1. The molecule has 4 heteroatoms. The van der Waals surface area contributed by atoms with Gasteiger partial charge >= 0.3 is 0 Å². The average Bonchev–Trinajstić information content (AvgIpc) is 2.37. The van der Waals surface area contributed by atoms with Crippen LogP contribution in [0.2, 0.25) is 5.02 Å². The molecule has 0 saturated carbocycles. The van der Waals surface area contributed by atoms with Crippen molar-refractivity contribution in [2.45, 2.75) is 11.8 Å². The second-order valence-corrected chi connectivity index (χ2v) is 5.68. The Bertz CT molecular complexity index is 638. The van der Waals surface area contributed by atoms with E-state index in [1.165, 1.54) is 12.1 Å². The fourth-order valence-electron chi connectivity index (χ4n) is 2.76. The van der Waals surface area contributed by atoms with E-state index in [-0.39, 0.29) is 5.41 Å². The van der Waals surface area contributed by atoms with E-state index < -0.39 is 11.6 Å². The first kappa shape index (κ1) is 13.5. The van der Waals surface area contributed by atoms with Gasteiger partial charge in [0, 0.05) is 29.6 Å². The van der Waals surface area contributed by atoms with Gasteiger partial charge in [-0.3, -0.25) is 0 Å². The summed E-state index contributed by atoms with van der Waals surface area (Å²) < 4.78 is 26.9. The van der Waals surface area contributed by atoms with Crippen molar-refractivity contribution in [1.29, 1.82) is 0 Å². The summed E-state index contributed by atoms with van der Waals surface area (Å²) in [6, 6.07) is 11.4. The Kier molecular flexibility index (Phi) is 3.48. The van der Waals surface area contributed by atoms with Gasteiger partial charge in [-0.1, -0.05) is 35.9 Å². The van der Waals surface area contributed by atoms with Gasteiger partial charge in [0.05, 0.1) is 0 Å². The third-order valence-electron chi connectivity index (χ3n) is 3.92. The minimum atomic E-state index is -0.551. The van der Waals surface area contributed by atoms with Gasteiger partial charge in [-0.25, -0.2) is 8.78 Å². The van der Waals surface area contributed by atoms with Crippen molar-refractivity contribution in [3.05, 3.63) is 70.2 Å². The monoisotopic (exact) mass is 293 g/mol. The molecule has 1 nitrogen and oxygen atoms in total. The van der Waals surface area contributed by atoms with E-state index in [9.17, 15) is 8.78 Å². The molecule has 20 heavy (non-hydrogen) atoms. The van der Waals surface area contributed by atoms with E-state index in [2.05, 4.69) is 5.32 Å². The van der Waals surface area contributed by atoms with Crippen LogP contribution in [0.25, 0.3) is 0 Å². The van der Waals surface area contributed by atoms with Crippen LogP contribution in [0.5, 0.6) is 0 Å². The molecule has 1 aliphatic heterocycles. The van der Waals surface area contributed by atoms with Gasteiger partial charge in [-0.2, -0.15) is 0 Å². The molecule has 0 aromatic heterocycles. The van der Waals surface area contributed by atoms with Crippen LogP contribution in [0.3, 0.4) is 0 Å². The van der Waals surface area contributed by atoms with Crippen LogP contribution < -0.4 is 5.32 Å². The number of halogens is 3. The molecule has 2 aromatic carbocycles. The van der Waals surface area contributed by atoms with Gasteiger partial charge in [0.15, 0.2) is 0 Å². The topological polar surface area (TPSA) is 12.0 Å². The minimum Gasteiger partial charge on any atom is -0.315 e. The molecule has 1 saturated heterocycles.